The number of non-ortho nitro benzene ring substituents is 2. The van der Waals surface area contributed by atoms with Crippen molar-refractivity contribution in [2.75, 3.05) is 5.32 Å². The van der Waals surface area contributed by atoms with Crippen molar-refractivity contribution in [3.05, 3.63) is 73.8 Å². The Kier molecular flexibility index (Phi) is 5.81. The summed E-state index contributed by atoms with van der Waals surface area (Å²) in [6.45, 7) is 3.61. The normalized spacial score (nSPS) is 10.3. The SMILES string of the molecule is CC(C)NC(=O)c1cccc(NC(=O)c2cc([N+](=O)[O-])cc([N+](=O)[O-])c2)c1. The smallest absolute Gasteiger partial charge is 0.277 e. The molecule has 0 radical (unpaired) electrons. The van der Waals surface area contributed by atoms with E-state index >= 15 is 0 Å². The maximum absolute atomic E-state index is 12.4. The van der Waals surface area contributed by atoms with Crippen molar-refractivity contribution in [1.29, 1.82) is 0 Å². The van der Waals surface area contributed by atoms with Crippen LogP contribution < -0.4 is 10.6 Å². The topological polar surface area (TPSA) is 144 Å². The van der Waals surface area contributed by atoms with Crippen molar-refractivity contribution in [2.45, 2.75) is 19.9 Å². The van der Waals surface area contributed by atoms with E-state index in [2.05, 4.69) is 10.6 Å². The summed E-state index contributed by atoms with van der Waals surface area (Å²) in [5.41, 5.74) is -0.802. The zero-order valence-electron chi connectivity index (χ0n) is 14.5. The molecule has 2 aromatic carbocycles. The Bertz CT molecular complexity index is 893. The van der Waals surface area contributed by atoms with Gasteiger partial charge >= 0.3 is 0 Å². The lowest BCUT2D eigenvalue weighted by atomic mass is 10.1. The van der Waals surface area contributed by atoms with Crippen LogP contribution in [0.25, 0.3) is 0 Å². The molecule has 2 rings (SSSR count). The van der Waals surface area contributed by atoms with Crippen LogP contribution >= 0.6 is 0 Å². The van der Waals surface area contributed by atoms with E-state index in [1.54, 1.807) is 26.0 Å². The zero-order valence-corrected chi connectivity index (χ0v) is 14.5. The van der Waals surface area contributed by atoms with E-state index in [0.29, 0.717) is 5.56 Å². The van der Waals surface area contributed by atoms with Crippen LogP contribution in [0.15, 0.2) is 42.5 Å². The molecule has 0 aliphatic rings. The zero-order chi connectivity index (χ0) is 20.1. The number of rotatable bonds is 6. The lowest BCUT2D eigenvalue weighted by molar-refractivity contribution is -0.394. The standard InChI is InChI=1S/C17H16N4O6/c1-10(2)18-16(22)11-4-3-5-13(6-11)19-17(23)12-7-14(20(24)25)9-15(8-12)21(26)27/h3-10H,1-2H3,(H,18,22)(H,19,23). The number of carbonyl (C=O) groups excluding carboxylic acids is 2. The van der Waals surface area contributed by atoms with Crippen molar-refractivity contribution in [2.24, 2.45) is 0 Å². The van der Waals surface area contributed by atoms with Gasteiger partial charge in [-0.1, -0.05) is 6.07 Å². The Labute approximate surface area is 153 Å². The molecule has 0 atom stereocenters. The summed E-state index contributed by atoms with van der Waals surface area (Å²) in [6, 6.07) is 8.66. The summed E-state index contributed by atoms with van der Waals surface area (Å²) in [5, 5.41) is 27.0. The lowest BCUT2D eigenvalue weighted by Crippen LogP contribution is -2.30. The van der Waals surface area contributed by atoms with Crippen LogP contribution in [-0.2, 0) is 0 Å². The van der Waals surface area contributed by atoms with Gasteiger partial charge in [-0.25, -0.2) is 0 Å². The molecule has 0 aliphatic heterocycles. The Morgan fingerprint density at radius 1 is 0.889 bits per heavy atom. The van der Waals surface area contributed by atoms with Gasteiger partial charge in [0.1, 0.15) is 0 Å². The molecular formula is C17H16N4O6. The Morgan fingerprint density at radius 3 is 2.00 bits per heavy atom. The molecule has 0 unspecified atom stereocenters. The highest BCUT2D eigenvalue weighted by Crippen LogP contribution is 2.23. The molecule has 10 nitrogen and oxygen atoms in total. The number of hydrogen-bond donors (Lipinski definition) is 2. The Balaban J connectivity index is 2.28. The summed E-state index contributed by atoms with van der Waals surface area (Å²) >= 11 is 0. The predicted molar refractivity (Wildman–Crippen MR) is 96.7 cm³/mol. The second-order valence-corrected chi connectivity index (χ2v) is 5.92. The predicted octanol–water partition coefficient (Wildman–Crippen LogP) is 2.89. The number of nitro benzene ring substituents is 2. The van der Waals surface area contributed by atoms with Gasteiger partial charge in [0.25, 0.3) is 23.2 Å². The fourth-order valence-electron chi connectivity index (χ4n) is 2.22. The first-order chi connectivity index (χ1) is 12.7. The fourth-order valence-corrected chi connectivity index (χ4v) is 2.22. The van der Waals surface area contributed by atoms with Crippen LogP contribution in [0.5, 0.6) is 0 Å². The highest BCUT2D eigenvalue weighted by molar-refractivity contribution is 6.06. The van der Waals surface area contributed by atoms with E-state index in [-0.39, 0.29) is 23.2 Å². The van der Waals surface area contributed by atoms with E-state index in [9.17, 15) is 29.8 Å². The van der Waals surface area contributed by atoms with Crippen molar-refractivity contribution in [3.8, 4) is 0 Å². The Hall–Kier alpha value is -3.82. The van der Waals surface area contributed by atoms with E-state index < -0.39 is 27.1 Å². The van der Waals surface area contributed by atoms with Gasteiger partial charge in [0.15, 0.2) is 0 Å². The van der Waals surface area contributed by atoms with Crippen molar-refractivity contribution in [3.63, 3.8) is 0 Å². The minimum Gasteiger partial charge on any atom is -0.350 e. The number of carbonyl (C=O) groups is 2. The average Bonchev–Trinajstić information content (AvgIpc) is 2.60. The first-order valence-corrected chi connectivity index (χ1v) is 7.83. The number of nitrogens with zero attached hydrogens (tertiary/aromatic N) is 2. The Morgan fingerprint density at radius 2 is 1.48 bits per heavy atom. The monoisotopic (exact) mass is 372 g/mol. The van der Waals surface area contributed by atoms with Gasteiger partial charge in [0, 0.05) is 29.4 Å². The van der Waals surface area contributed by atoms with E-state index in [4.69, 9.17) is 0 Å². The third-order valence-electron chi connectivity index (χ3n) is 3.39. The van der Waals surface area contributed by atoms with Crippen molar-refractivity contribution >= 4 is 28.9 Å². The quantitative estimate of drug-likeness (QED) is 0.589. The molecule has 0 bridgehead atoms. The minimum absolute atomic E-state index is 0.0684. The number of benzene rings is 2. The molecule has 0 spiro atoms. The van der Waals surface area contributed by atoms with E-state index in [1.165, 1.54) is 12.1 Å². The summed E-state index contributed by atoms with van der Waals surface area (Å²) in [5.74, 6) is -1.10. The summed E-state index contributed by atoms with van der Waals surface area (Å²) in [7, 11) is 0. The second-order valence-electron chi connectivity index (χ2n) is 5.92. The van der Waals surface area contributed by atoms with Gasteiger partial charge < -0.3 is 10.6 Å². The molecule has 2 aromatic rings. The summed E-state index contributed by atoms with van der Waals surface area (Å²) in [4.78, 5) is 44.6. The highest BCUT2D eigenvalue weighted by Gasteiger charge is 2.20. The van der Waals surface area contributed by atoms with Gasteiger partial charge in [0.05, 0.1) is 21.5 Å². The van der Waals surface area contributed by atoms with Gasteiger partial charge in [-0.3, -0.25) is 29.8 Å². The molecule has 27 heavy (non-hydrogen) atoms. The fraction of sp³-hybridized carbons (Fsp3) is 0.176. The molecule has 2 amide bonds. The highest BCUT2D eigenvalue weighted by atomic mass is 16.6. The van der Waals surface area contributed by atoms with Crippen LogP contribution in [-0.4, -0.2) is 27.7 Å². The van der Waals surface area contributed by atoms with Gasteiger partial charge in [-0.15, -0.1) is 0 Å². The molecular weight excluding hydrogens is 356 g/mol. The summed E-state index contributed by atoms with van der Waals surface area (Å²) < 4.78 is 0. The van der Waals surface area contributed by atoms with Gasteiger partial charge in [-0.2, -0.15) is 0 Å². The minimum atomic E-state index is -0.819. The molecule has 0 heterocycles. The lowest BCUT2D eigenvalue weighted by Gasteiger charge is -2.10. The van der Waals surface area contributed by atoms with E-state index in [0.717, 1.165) is 18.2 Å². The molecule has 140 valence electrons. The number of hydrogen-bond acceptors (Lipinski definition) is 6. The largest absolute Gasteiger partial charge is 0.350 e. The number of amides is 2. The molecule has 2 N–H and O–H groups in total. The van der Waals surface area contributed by atoms with Crippen molar-refractivity contribution < 1.29 is 19.4 Å². The first kappa shape index (κ1) is 19.5. The third-order valence-corrected chi connectivity index (χ3v) is 3.39. The molecule has 0 aliphatic carbocycles. The van der Waals surface area contributed by atoms with Crippen LogP contribution in [0, 0.1) is 20.2 Å². The molecule has 10 heteroatoms. The van der Waals surface area contributed by atoms with Crippen LogP contribution in [0.3, 0.4) is 0 Å². The van der Waals surface area contributed by atoms with Gasteiger partial charge in [-0.05, 0) is 32.0 Å². The first-order valence-electron chi connectivity index (χ1n) is 7.83. The maximum atomic E-state index is 12.4. The number of nitrogens with one attached hydrogen (secondary N) is 2. The average molecular weight is 372 g/mol. The number of nitro groups is 2. The molecule has 0 aromatic heterocycles. The molecule has 0 fully saturated rings. The van der Waals surface area contributed by atoms with Gasteiger partial charge in [0.2, 0.25) is 0 Å². The van der Waals surface area contributed by atoms with Crippen LogP contribution in [0.1, 0.15) is 34.6 Å². The van der Waals surface area contributed by atoms with E-state index in [1.807, 2.05) is 0 Å². The van der Waals surface area contributed by atoms with Crippen molar-refractivity contribution in [1.82, 2.24) is 5.32 Å². The van der Waals surface area contributed by atoms with Crippen LogP contribution in [0.4, 0.5) is 17.1 Å². The maximum Gasteiger partial charge on any atom is 0.277 e. The number of anilines is 1. The van der Waals surface area contributed by atoms with Crippen LogP contribution in [0.2, 0.25) is 0 Å². The molecule has 0 saturated carbocycles. The summed E-state index contributed by atoms with van der Waals surface area (Å²) in [6.07, 6.45) is 0. The molecule has 0 saturated heterocycles. The second kappa shape index (κ2) is 8.04. The third kappa shape index (κ3) is 5.08.